The van der Waals surface area contributed by atoms with Gasteiger partial charge in [0.1, 0.15) is 11.6 Å². The normalized spacial score (nSPS) is 13.1. The van der Waals surface area contributed by atoms with Crippen LogP contribution in [-0.2, 0) is 42.7 Å². The molecule has 0 atom stereocenters. The number of aromatic hydroxyl groups is 1. The maximum Gasteiger partial charge on any atom is 0.148 e. The molecule has 0 bridgehead atoms. The van der Waals surface area contributed by atoms with Crippen LogP contribution in [0.15, 0.2) is 158 Å². The van der Waals surface area contributed by atoms with Gasteiger partial charge in [-0.25, -0.2) is 4.98 Å². The van der Waals surface area contributed by atoms with Gasteiger partial charge in [-0.05, 0) is 103 Å². The molecule has 9 rings (SSSR count). The average molecular weight is 1100 g/mol. The van der Waals surface area contributed by atoms with E-state index in [0.29, 0.717) is 28.2 Å². The fourth-order valence-corrected chi connectivity index (χ4v) is 9.24. The molecule has 0 aliphatic rings. The zero-order chi connectivity index (χ0) is 51.7. The largest absolute Gasteiger partial charge is 0.507 e. The molecule has 0 radical (unpaired) electrons. The fraction of sp³-hybridized carbons (Fsp3) is 0.262. The smallest absolute Gasteiger partial charge is 0.148 e. The molecule has 70 heavy (non-hydrogen) atoms. The zero-order valence-electron chi connectivity index (χ0n) is 45.6. The summed E-state index contributed by atoms with van der Waals surface area (Å²) >= 11 is 0. The second-order valence-corrected chi connectivity index (χ2v) is 22.7. The van der Waals surface area contributed by atoms with E-state index in [1.165, 1.54) is 5.56 Å². The molecule has 2 heterocycles. The van der Waals surface area contributed by atoms with Crippen molar-refractivity contribution >= 4 is 11.0 Å². The molecule has 7 aromatic carbocycles. The van der Waals surface area contributed by atoms with E-state index in [2.05, 4.69) is 173 Å². The summed E-state index contributed by atoms with van der Waals surface area (Å²) in [6.07, 6.45) is 1.86. The Balaban J connectivity index is 0.00000711. The van der Waals surface area contributed by atoms with Crippen molar-refractivity contribution in [3.8, 4) is 78.6 Å². The zero-order valence-corrected chi connectivity index (χ0v) is 44.9. The number of phenols is 1. The van der Waals surface area contributed by atoms with Gasteiger partial charge >= 0.3 is 0 Å². The summed E-state index contributed by atoms with van der Waals surface area (Å²) in [6, 6.07) is 55.3. The summed E-state index contributed by atoms with van der Waals surface area (Å²) in [4.78, 5) is 10.6. The monoisotopic (exact) mass is 1100 g/mol. The van der Waals surface area contributed by atoms with Crippen LogP contribution in [-0.4, -0.2) is 19.6 Å². The third-order valence-corrected chi connectivity index (χ3v) is 13.4. The predicted octanol–water partition coefficient (Wildman–Crippen LogP) is 17.4. The number of para-hydroxylation sites is 1. The Labute approximate surface area is 435 Å². The van der Waals surface area contributed by atoms with Crippen LogP contribution in [0.1, 0.15) is 115 Å². The minimum absolute atomic E-state index is 0. The first-order valence-corrected chi connectivity index (χ1v) is 24.1. The molecule has 0 fully saturated rings. The summed E-state index contributed by atoms with van der Waals surface area (Å²) in [6.45, 7) is 23.6. The molecule has 0 aliphatic carbocycles. The Morgan fingerprint density at radius 1 is 0.500 bits per heavy atom. The number of hydrogen-bond donors (Lipinski definition) is 1. The van der Waals surface area contributed by atoms with E-state index >= 15 is 0 Å². The van der Waals surface area contributed by atoms with Crippen molar-refractivity contribution in [1.29, 1.82) is 0 Å². The molecule has 2 aromatic heterocycles. The number of fused-ring (bicyclic) bond motifs is 1. The van der Waals surface area contributed by atoms with Crippen molar-refractivity contribution in [3.63, 3.8) is 0 Å². The van der Waals surface area contributed by atoms with Crippen LogP contribution in [0.25, 0.3) is 83.9 Å². The molecule has 9 aromatic rings. The molecule has 4 nitrogen and oxygen atoms in total. The number of pyridine rings is 1. The minimum atomic E-state index is -2.49. The van der Waals surface area contributed by atoms with Gasteiger partial charge in [0.05, 0.1) is 22.3 Å². The van der Waals surface area contributed by atoms with Gasteiger partial charge in [-0.3, -0.25) is 9.55 Å². The van der Waals surface area contributed by atoms with E-state index in [4.69, 9.17) is 14.1 Å². The number of hydrogen-bond acceptors (Lipinski definition) is 3. The van der Waals surface area contributed by atoms with Gasteiger partial charge in [-0.15, -0.1) is 29.3 Å². The van der Waals surface area contributed by atoms with E-state index < -0.39 is 12.3 Å². The number of nitrogens with zero attached hydrogens (tertiary/aromatic N) is 3. The van der Waals surface area contributed by atoms with Gasteiger partial charge in [-0.1, -0.05) is 203 Å². The number of imidazole rings is 1. The predicted molar refractivity (Wildman–Crippen MR) is 292 cm³/mol. The molecule has 0 amide bonds. The Bertz CT molecular complexity index is 3470. The Hall–Kier alpha value is -6.35. The molecule has 5 heteroatoms. The minimum Gasteiger partial charge on any atom is -0.507 e. The summed E-state index contributed by atoms with van der Waals surface area (Å²) in [7, 11) is 0. The molecule has 0 unspecified atom stereocenters. The molecular weight excluding hydrogens is 1030 g/mol. The number of aromatic nitrogens is 3. The fourth-order valence-electron chi connectivity index (χ4n) is 9.24. The second-order valence-electron chi connectivity index (χ2n) is 22.7. The van der Waals surface area contributed by atoms with E-state index in [1.54, 1.807) is 0 Å². The molecule has 0 saturated carbocycles. The van der Waals surface area contributed by atoms with Crippen molar-refractivity contribution in [1.82, 2.24) is 14.5 Å². The van der Waals surface area contributed by atoms with Crippen molar-refractivity contribution in [2.24, 2.45) is 0 Å². The maximum atomic E-state index is 12.8. The van der Waals surface area contributed by atoms with Gasteiger partial charge < -0.3 is 5.11 Å². The molecule has 358 valence electrons. The summed E-state index contributed by atoms with van der Waals surface area (Å²) < 4.78 is 29.4. The van der Waals surface area contributed by atoms with Crippen molar-refractivity contribution in [2.75, 3.05) is 0 Å². The van der Waals surface area contributed by atoms with Gasteiger partial charge in [0.15, 0.2) is 0 Å². The number of aryl methyl sites for hydroxylation is 1. The Morgan fingerprint density at radius 2 is 1.10 bits per heavy atom. The molecule has 0 aliphatic heterocycles. The van der Waals surface area contributed by atoms with Crippen LogP contribution >= 0.6 is 0 Å². The molecule has 0 saturated heterocycles. The van der Waals surface area contributed by atoms with E-state index in [9.17, 15) is 5.11 Å². The Kier molecular flexibility index (Phi) is 12.3. The summed E-state index contributed by atoms with van der Waals surface area (Å²) in [5.41, 5.74) is 14.6. The van der Waals surface area contributed by atoms with Crippen molar-refractivity contribution in [3.05, 3.63) is 192 Å². The third kappa shape index (κ3) is 9.86. The number of phenolic OH excluding ortho intramolecular Hbond substituents is 1. The van der Waals surface area contributed by atoms with Gasteiger partial charge in [-0.2, -0.15) is 0 Å². The molecular formula is C65H66N3OPt-. The van der Waals surface area contributed by atoms with Gasteiger partial charge in [0, 0.05) is 48.2 Å². The van der Waals surface area contributed by atoms with Gasteiger partial charge in [0.2, 0.25) is 0 Å². The standard InChI is InChI=1S/C65H66N3O.Pt/c1-41-33-58(53(40-52(41)43-23-18-15-19-24-43)44-27-29-48(30-28-44)62(2,3)4)68-57-26-20-25-51(59(57)67-61(68)54-38-50(64(8,9)10)39-55(60(54)69)65(11,12)13)46-34-47(36-49(35-46)63(5,6)7)56-37-45(31-32-66-56)42-21-16-14-17-22-42;/h14-33,35-40,69H,1-13H3;/q-1;/i1D3;. The number of benzene rings is 7. The average Bonchev–Trinajstić information content (AvgIpc) is 3.72. The van der Waals surface area contributed by atoms with Crippen LogP contribution in [0.4, 0.5) is 0 Å². The summed E-state index contributed by atoms with van der Waals surface area (Å²) in [5.74, 6) is 0.627. The number of rotatable bonds is 7. The van der Waals surface area contributed by atoms with E-state index in [1.807, 2.05) is 79.0 Å². The maximum absolute atomic E-state index is 12.8. The van der Waals surface area contributed by atoms with Crippen molar-refractivity contribution in [2.45, 2.75) is 112 Å². The summed E-state index contributed by atoms with van der Waals surface area (Å²) in [5, 5.41) is 12.8. The first-order chi connectivity index (χ1) is 33.8. The van der Waals surface area contributed by atoms with Crippen LogP contribution in [0.3, 0.4) is 0 Å². The third-order valence-electron chi connectivity index (χ3n) is 13.4. The first-order valence-electron chi connectivity index (χ1n) is 25.6. The van der Waals surface area contributed by atoms with E-state index in [-0.39, 0.29) is 48.6 Å². The van der Waals surface area contributed by atoms with Crippen LogP contribution in [0.5, 0.6) is 5.75 Å². The Morgan fingerprint density at radius 3 is 1.71 bits per heavy atom. The second kappa shape index (κ2) is 18.8. The van der Waals surface area contributed by atoms with Crippen LogP contribution in [0.2, 0.25) is 0 Å². The quantitative estimate of drug-likeness (QED) is 0.162. The SMILES string of the molecule is [2H]C([2H])([2H])c1cc(-n2c(-c3cc(C(C)(C)C)cc(C(C)(C)C)c3O)nc3c(-c4[c-]c(-c5cc(-c6ccccc6)ccn5)cc(C(C)(C)C)c4)cccc32)c(-c2ccc(C(C)(C)C)cc2)cc1-c1ccccc1.[Pt]. The molecule has 0 spiro atoms. The first kappa shape index (κ1) is 46.1. The van der Waals surface area contributed by atoms with Crippen molar-refractivity contribution < 1.29 is 30.3 Å². The topological polar surface area (TPSA) is 50.9 Å². The van der Waals surface area contributed by atoms with Gasteiger partial charge in [0.25, 0.3) is 0 Å². The van der Waals surface area contributed by atoms with E-state index in [0.717, 1.165) is 72.4 Å². The van der Waals surface area contributed by atoms with Crippen LogP contribution in [0, 0.1) is 12.9 Å². The molecule has 1 N–H and O–H groups in total. The van der Waals surface area contributed by atoms with Crippen LogP contribution < -0.4 is 0 Å².